The molecule has 0 amide bonds. The first kappa shape index (κ1) is 17.4. The van der Waals surface area contributed by atoms with E-state index in [9.17, 15) is 5.11 Å². The Balaban J connectivity index is 2.05. The van der Waals surface area contributed by atoms with Gasteiger partial charge in [-0.05, 0) is 17.9 Å². The number of aliphatic hydroxyl groups excluding tert-OH is 1. The minimum Gasteiger partial charge on any atom is -0.395 e. The predicted octanol–water partition coefficient (Wildman–Crippen LogP) is 2.83. The summed E-state index contributed by atoms with van der Waals surface area (Å²) in [5, 5.41) is 13.9. The molecule has 2 aromatic heterocycles. The molecule has 1 N–H and O–H groups in total. The Bertz CT molecular complexity index is 877. The van der Waals surface area contributed by atoms with Crippen LogP contribution in [0.15, 0.2) is 30.3 Å². The van der Waals surface area contributed by atoms with E-state index >= 15 is 0 Å². The number of hydrogen-bond acceptors (Lipinski definition) is 5. The lowest BCUT2D eigenvalue weighted by molar-refractivity contribution is 0.303. The molecule has 0 saturated carbocycles. The van der Waals surface area contributed by atoms with Crippen LogP contribution in [0.25, 0.3) is 17.2 Å². The zero-order chi connectivity index (χ0) is 18.2. The number of hydrogen-bond donors (Lipinski definition) is 1. The van der Waals surface area contributed by atoms with Crippen molar-refractivity contribution in [2.45, 2.75) is 33.1 Å². The Kier molecular flexibility index (Phi) is 4.47. The first-order chi connectivity index (χ1) is 11.8. The van der Waals surface area contributed by atoms with Gasteiger partial charge in [0.15, 0.2) is 5.82 Å². The zero-order valence-electron chi connectivity index (χ0n) is 15.5. The van der Waals surface area contributed by atoms with Gasteiger partial charge in [-0.3, -0.25) is 0 Å². The van der Waals surface area contributed by atoms with E-state index in [1.165, 1.54) is 5.56 Å². The van der Waals surface area contributed by atoms with E-state index in [2.05, 4.69) is 60.1 Å². The molecule has 3 rings (SSSR count). The molecule has 6 nitrogen and oxygen atoms in total. The van der Waals surface area contributed by atoms with Crippen molar-refractivity contribution in [3.05, 3.63) is 41.6 Å². The normalized spacial score (nSPS) is 11.9. The van der Waals surface area contributed by atoms with Crippen LogP contribution in [0.4, 0.5) is 5.82 Å². The van der Waals surface area contributed by atoms with Gasteiger partial charge in [0.05, 0.1) is 6.61 Å². The molecule has 0 radical (unpaired) electrons. The number of aromatic nitrogens is 4. The Morgan fingerprint density at radius 1 is 1.12 bits per heavy atom. The monoisotopic (exact) mass is 339 g/mol. The lowest BCUT2D eigenvalue weighted by atomic mass is 9.87. The lowest BCUT2D eigenvalue weighted by Gasteiger charge is -2.19. The van der Waals surface area contributed by atoms with E-state index in [0.29, 0.717) is 18.1 Å². The van der Waals surface area contributed by atoms with Crippen LogP contribution in [-0.2, 0) is 5.41 Å². The second-order valence-electron chi connectivity index (χ2n) is 7.38. The molecule has 0 saturated heterocycles. The van der Waals surface area contributed by atoms with Crippen LogP contribution in [0.5, 0.6) is 0 Å². The first-order valence-electron chi connectivity index (χ1n) is 8.47. The summed E-state index contributed by atoms with van der Waals surface area (Å²) >= 11 is 0. The van der Waals surface area contributed by atoms with Crippen molar-refractivity contribution in [1.29, 1.82) is 0 Å². The van der Waals surface area contributed by atoms with Gasteiger partial charge in [-0.2, -0.15) is 9.50 Å². The van der Waals surface area contributed by atoms with Gasteiger partial charge in [-0.25, -0.2) is 4.98 Å². The van der Waals surface area contributed by atoms with Gasteiger partial charge in [0, 0.05) is 30.9 Å². The minimum absolute atomic E-state index is 0.0786. The smallest absolute Gasteiger partial charge is 0.254 e. The zero-order valence-corrected chi connectivity index (χ0v) is 15.5. The van der Waals surface area contributed by atoms with Crippen LogP contribution in [0.1, 0.15) is 32.0 Å². The lowest BCUT2D eigenvalue weighted by Crippen LogP contribution is -2.24. The van der Waals surface area contributed by atoms with Crippen molar-refractivity contribution < 1.29 is 5.11 Å². The molecular weight excluding hydrogens is 314 g/mol. The highest BCUT2D eigenvalue weighted by Gasteiger charge is 2.16. The molecule has 132 valence electrons. The Labute approximate surface area is 148 Å². The Hall–Kier alpha value is -2.47. The maximum Gasteiger partial charge on any atom is 0.254 e. The van der Waals surface area contributed by atoms with Crippen molar-refractivity contribution in [3.63, 3.8) is 0 Å². The summed E-state index contributed by atoms with van der Waals surface area (Å²) in [5.74, 6) is 2.08. The average Bonchev–Trinajstić information content (AvgIpc) is 2.97. The molecule has 1 aromatic carbocycles. The van der Waals surface area contributed by atoms with Crippen LogP contribution in [0.2, 0.25) is 0 Å². The topological polar surface area (TPSA) is 66.5 Å². The van der Waals surface area contributed by atoms with Crippen molar-refractivity contribution >= 4 is 11.6 Å². The number of nitrogens with zero attached hydrogens (tertiary/aromatic N) is 5. The van der Waals surface area contributed by atoms with E-state index in [1.807, 2.05) is 24.9 Å². The summed E-state index contributed by atoms with van der Waals surface area (Å²) in [5.41, 5.74) is 3.22. The first-order valence-corrected chi connectivity index (χ1v) is 8.47. The molecule has 3 aromatic rings. The summed E-state index contributed by atoms with van der Waals surface area (Å²) in [4.78, 5) is 11.0. The van der Waals surface area contributed by atoms with E-state index in [1.54, 1.807) is 4.52 Å². The largest absolute Gasteiger partial charge is 0.395 e. The van der Waals surface area contributed by atoms with Gasteiger partial charge in [-0.1, -0.05) is 45.0 Å². The van der Waals surface area contributed by atoms with Crippen molar-refractivity contribution in [2.24, 2.45) is 0 Å². The molecule has 2 heterocycles. The predicted molar refractivity (Wildman–Crippen MR) is 100 cm³/mol. The van der Waals surface area contributed by atoms with Crippen molar-refractivity contribution in [2.75, 3.05) is 25.1 Å². The molecule has 6 heteroatoms. The molecule has 0 aliphatic rings. The van der Waals surface area contributed by atoms with E-state index in [0.717, 1.165) is 17.1 Å². The minimum atomic E-state index is 0.0786. The van der Waals surface area contributed by atoms with Crippen LogP contribution < -0.4 is 4.90 Å². The van der Waals surface area contributed by atoms with Gasteiger partial charge in [0.25, 0.3) is 5.78 Å². The number of aliphatic hydroxyl groups is 1. The maximum absolute atomic E-state index is 9.21. The maximum atomic E-state index is 9.21. The van der Waals surface area contributed by atoms with Crippen LogP contribution in [-0.4, -0.2) is 44.9 Å². The second-order valence-corrected chi connectivity index (χ2v) is 7.38. The average molecular weight is 339 g/mol. The van der Waals surface area contributed by atoms with Crippen LogP contribution >= 0.6 is 0 Å². The van der Waals surface area contributed by atoms with Gasteiger partial charge >= 0.3 is 0 Å². The Morgan fingerprint density at radius 2 is 1.80 bits per heavy atom. The van der Waals surface area contributed by atoms with Gasteiger partial charge < -0.3 is 10.0 Å². The summed E-state index contributed by atoms with van der Waals surface area (Å²) in [7, 11) is 1.92. The fourth-order valence-electron chi connectivity index (χ4n) is 2.75. The molecule has 0 atom stereocenters. The summed E-state index contributed by atoms with van der Waals surface area (Å²) in [6.45, 7) is 9.12. The standard InChI is InChI=1S/C19H25N5O/c1-13-12-16(23(5)10-11-25)24-18(20-13)21-17(22-24)14-6-8-15(9-7-14)19(2,3)4/h6-9,12,25H,10-11H2,1-5H3. The van der Waals surface area contributed by atoms with Crippen molar-refractivity contribution in [3.8, 4) is 11.4 Å². The fraction of sp³-hybridized carbons (Fsp3) is 0.421. The van der Waals surface area contributed by atoms with Gasteiger partial charge in [0.2, 0.25) is 0 Å². The second kappa shape index (κ2) is 6.44. The van der Waals surface area contributed by atoms with Crippen LogP contribution in [0, 0.1) is 6.92 Å². The molecular formula is C19H25N5O. The summed E-state index contributed by atoms with van der Waals surface area (Å²) in [6.07, 6.45) is 0. The van der Waals surface area contributed by atoms with Gasteiger partial charge in [-0.15, -0.1) is 5.10 Å². The molecule has 0 fully saturated rings. The number of benzene rings is 1. The molecule has 25 heavy (non-hydrogen) atoms. The van der Waals surface area contributed by atoms with E-state index in [-0.39, 0.29) is 12.0 Å². The molecule has 0 aliphatic carbocycles. The van der Waals surface area contributed by atoms with E-state index < -0.39 is 0 Å². The number of rotatable bonds is 4. The summed E-state index contributed by atoms with van der Waals surface area (Å²) in [6, 6.07) is 10.3. The third-order valence-corrected chi connectivity index (χ3v) is 4.26. The highest BCUT2D eigenvalue weighted by molar-refractivity contribution is 5.59. The van der Waals surface area contributed by atoms with Crippen molar-refractivity contribution in [1.82, 2.24) is 19.6 Å². The molecule has 0 spiro atoms. The molecule has 0 unspecified atom stereocenters. The summed E-state index contributed by atoms with van der Waals surface area (Å²) < 4.78 is 1.73. The number of aryl methyl sites for hydroxylation is 1. The number of fused-ring (bicyclic) bond motifs is 1. The van der Waals surface area contributed by atoms with Crippen LogP contribution in [0.3, 0.4) is 0 Å². The SMILES string of the molecule is Cc1cc(N(C)CCO)n2nc(-c3ccc(C(C)(C)C)cc3)nc2n1. The van der Waals surface area contributed by atoms with E-state index in [4.69, 9.17) is 0 Å². The highest BCUT2D eigenvalue weighted by atomic mass is 16.3. The quantitative estimate of drug-likeness (QED) is 0.792. The fourth-order valence-corrected chi connectivity index (χ4v) is 2.75. The molecule has 0 bridgehead atoms. The van der Waals surface area contributed by atoms with Gasteiger partial charge in [0.1, 0.15) is 5.82 Å². The number of anilines is 1. The highest BCUT2D eigenvalue weighted by Crippen LogP contribution is 2.25. The Morgan fingerprint density at radius 3 is 2.40 bits per heavy atom. The third-order valence-electron chi connectivity index (χ3n) is 4.26. The third kappa shape index (κ3) is 3.49. The number of likely N-dealkylation sites (N-methyl/N-ethyl adjacent to an activating group) is 1. The molecule has 0 aliphatic heterocycles.